The van der Waals surface area contributed by atoms with Gasteiger partial charge in [0.05, 0.1) is 12.2 Å². The highest BCUT2D eigenvalue weighted by atomic mass is 15.4. The number of nitrogens with zero attached hydrogens (tertiary/aromatic N) is 5. The van der Waals surface area contributed by atoms with Gasteiger partial charge in [-0.05, 0) is 6.07 Å². The predicted molar refractivity (Wildman–Crippen MR) is 50.2 cm³/mol. The van der Waals surface area contributed by atoms with Gasteiger partial charge in [-0.3, -0.25) is 9.36 Å². The van der Waals surface area contributed by atoms with Gasteiger partial charge in [0.15, 0.2) is 0 Å². The van der Waals surface area contributed by atoms with Crippen LogP contribution in [-0.2, 0) is 20.1 Å². The van der Waals surface area contributed by atoms with Crippen molar-refractivity contribution in [2.75, 3.05) is 0 Å². The van der Waals surface area contributed by atoms with Crippen LogP contribution in [0.25, 0.3) is 0 Å². The highest BCUT2D eigenvalue weighted by Gasteiger charge is 2.03. The summed E-state index contributed by atoms with van der Waals surface area (Å²) >= 11 is 0. The smallest absolute Gasteiger partial charge is 0.104 e. The third-order valence-corrected chi connectivity index (χ3v) is 1.98. The van der Waals surface area contributed by atoms with Gasteiger partial charge in [0, 0.05) is 26.0 Å². The molecule has 0 aliphatic heterocycles. The van der Waals surface area contributed by atoms with Crippen molar-refractivity contribution in [3.05, 3.63) is 29.8 Å². The van der Waals surface area contributed by atoms with Gasteiger partial charge in [-0.2, -0.15) is 5.10 Å². The summed E-state index contributed by atoms with van der Waals surface area (Å²) in [6, 6.07) is 1.90. The van der Waals surface area contributed by atoms with Crippen LogP contribution >= 0.6 is 0 Å². The second kappa shape index (κ2) is 3.59. The lowest BCUT2D eigenvalue weighted by Gasteiger charge is -2.01. The molecule has 6 nitrogen and oxygen atoms in total. The fourth-order valence-electron chi connectivity index (χ4n) is 1.30. The van der Waals surface area contributed by atoms with Crippen molar-refractivity contribution in [3.63, 3.8) is 0 Å². The minimum Gasteiger partial charge on any atom is -0.325 e. The molecule has 0 bridgehead atoms. The average molecular weight is 192 g/mol. The Morgan fingerprint density at radius 1 is 1.50 bits per heavy atom. The zero-order valence-electron chi connectivity index (χ0n) is 7.96. The summed E-state index contributed by atoms with van der Waals surface area (Å²) in [5.41, 5.74) is 7.43. The van der Waals surface area contributed by atoms with Crippen LogP contribution < -0.4 is 5.73 Å². The molecule has 0 saturated carbocycles. The van der Waals surface area contributed by atoms with E-state index in [0.717, 1.165) is 11.4 Å². The van der Waals surface area contributed by atoms with Crippen LogP contribution in [0.2, 0.25) is 0 Å². The second-order valence-electron chi connectivity index (χ2n) is 3.07. The summed E-state index contributed by atoms with van der Waals surface area (Å²) in [5.74, 6) is 0. The Kier molecular flexibility index (Phi) is 2.28. The number of hydrogen-bond donors (Lipinski definition) is 1. The van der Waals surface area contributed by atoms with E-state index >= 15 is 0 Å². The molecule has 2 N–H and O–H groups in total. The quantitative estimate of drug-likeness (QED) is 0.712. The standard InChI is InChI=1S/C8H12N6/c1-13-5-7(11-12-13)6-14-8(4-9)2-3-10-14/h2-3,5H,4,6,9H2,1H3. The fraction of sp³-hybridized carbons (Fsp3) is 0.375. The third-order valence-electron chi connectivity index (χ3n) is 1.98. The Morgan fingerprint density at radius 2 is 2.36 bits per heavy atom. The Balaban J connectivity index is 2.18. The van der Waals surface area contributed by atoms with E-state index < -0.39 is 0 Å². The molecule has 0 saturated heterocycles. The van der Waals surface area contributed by atoms with Gasteiger partial charge < -0.3 is 5.73 Å². The van der Waals surface area contributed by atoms with Crippen LogP contribution in [-0.4, -0.2) is 24.8 Å². The molecule has 2 aromatic heterocycles. The molecule has 0 spiro atoms. The highest BCUT2D eigenvalue weighted by molar-refractivity contribution is 5.03. The number of nitrogens with two attached hydrogens (primary N) is 1. The van der Waals surface area contributed by atoms with Crippen molar-refractivity contribution >= 4 is 0 Å². The predicted octanol–water partition coefficient (Wildman–Crippen LogP) is -0.481. The van der Waals surface area contributed by atoms with Gasteiger partial charge in [-0.25, -0.2) is 0 Å². The van der Waals surface area contributed by atoms with E-state index in [9.17, 15) is 0 Å². The van der Waals surface area contributed by atoms with E-state index in [0.29, 0.717) is 13.1 Å². The number of aryl methyl sites for hydroxylation is 1. The van der Waals surface area contributed by atoms with Gasteiger partial charge in [0.1, 0.15) is 5.69 Å². The normalized spacial score (nSPS) is 10.7. The summed E-state index contributed by atoms with van der Waals surface area (Å²) in [6.07, 6.45) is 3.60. The SMILES string of the molecule is Cn1cc(Cn2nccc2CN)nn1. The van der Waals surface area contributed by atoms with Crippen LogP contribution in [0.15, 0.2) is 18.5 Å². The van der Waals surface area contributed by atoms with Crippen LogP contribution in [0.3, 0.4) is 0 Å². The lowest BCUT2D eigenvalue weighted by atomic mass is 10.4. The number of hydrogen-bond acceptors (Lipinski definition) is 4. The number of aromatic nitrogens is 5. The van der Waals surface area contributed by atoms with Crippen molar-refractivity contribution in [3.8, 4) is 0 Å². The minimum absolute atomic E-state index is 0.486. The molecule has 14 heavy (non-hydrogen) atoms. The van der Waals surface area contributed by atoms with E-state index in [1.807, 2.05) is 24.0 Å². The summed E-state index contributed by atoms with van der Waals surface area (Å²) in [7, 11) is 1.84. The van der Waals surface area contributed by atoms with Crippen LogP contribution in [0.5, 0.6) is 0 Å². The van der Waals surface area contributed by atoms with Gasteiger partial charge in [0.2, 0.25) is 0 Å². The van der Waals surface area contributed by atoms with Crippen molar-refractivity contribution in [2.45, 2.75) is 13.1 Å². The van der Waals surface area contributed by atoms with Crippen LogP contribution in [0.4, 0.5) is 0 Å². The maximum absolute atomic E-state index is 5.55. The Hall–Kier alpha value is -1.69. The van der Waals surface area contributed by atoms with Crippen molar-refractivity contribution in [2.24, 2.45) is 12.8 Å². The van der Waals surface area contributed by atoms with E-state index in [-0.39, 0.29) is 0 Å². The molecule has 0 aliphatic rings. The van der Waals surface area contributed by atoms with Gasteiger partial charge in [0.25, 0.3) is 0 Å². The molecule has 0 atom stereocenters. The Bertz CT molecular complexity index is 415. The second-order valence-corrected chi connectivity index (χ2v) is 3.07. The van der Waals surface area contributed by atoms with Crippen molar-refractivity contribution in [1.82, 2.24) is 24.8 Å². The maximum atomic E-state index is 5.55. The first-order chi connectivity index (χ1) is 6.79. The molecule has 0 unspecified atom stereocenters. The fourth-order valence-corrected chi connectivity index (χ4v) is 1.30. The molecule has 0 radical (unpaired) electrons. The Labute approximate surface area is 81.3 Å². The maximum Gasteiger partial charge on any atom is 0.104 e. The molecule has 74 valence electrons. The van der Waals surface area contributed by atoms with E-state index in [4.69, 9.17) is 5.73 Å². The summed E-state index contributed by atoms with van der Waals surface area (Å²) in [4.78, 5) is 0. The van der Waals surface area contributed by atoms with Crippen LogP contribution in [0.1, 0.15) is 11.4 Å². The zero-order chi connectivity index (χ0) is 9.97. The minimum atomic E-state index is 0.486. The molecule has 0 amide bonds. The summed E-state index contributed by atoms with van der Waals surface area (Å²) in [6.45, 7) is 1.10. The first-order valence-electron chi connectivity index (χ1n) is 4.35. The van der Waals surface area contributed by atoms with Crippen LogP contribution in [0, 0.1) is 0 Å². The highest BCUT2D eigenvalue weighted by Crippen LogP contribution is 2.01. The molecule has 0 fully saturated rings. The van der Waals surface area contributed by atoms with E-state index in [1.54, 1.807) is 10.9 Å². The van der Waals surface area contributed by atoms with Gasteiger partial charge >= 0.3 is 0 Å². The van der Waals surface area contributed by atoms with Crippen molar-refractivity contribution in [1.29, 1.82) is 0 Å². The Morgan fingerprint density at radius 3 is 3.00 bits per heavy atom. The average Bonchev–Trinajstić information content (AvgIpc) is 2.76. The molecule has 2 heterocycles. The van der Waals surface area contributed by atoms with Gasteiger partial charge in [-0.1, -0.05) is 5.21 Å². The first kappa shape index (κ1) is 8.89. The molecule has 2 rings (SSSR count). The molecule has 6 heteroatoms. The zero-order valence-corrected chi connectivity index (χ0v) is 7.96. The van der Waals surface area contributed by atoms with Gasteiger partial charge in [-0.15, -0.1) is 5.10 Å². The van der Waals surface area contributed by atoms with E-state index in [1.165, 1.54) is 0 Å². The lowest BCUT2D eigenvalue weighted by Crippen LogP contribution is -2.09. The molecule has 2 aromatic rings. The monoisotopic (exact) mass is 192 g/mol. The molecule has 0 aromatic carbocycles. The summed E-state index contributed by atoms with van der Waals surface area (Å²) < 4.78 is 3.49. The topological polar surface area (TPSA) is 74.5 Å². The first-order valence-corrected chi connectivity index (χ1v) is 4.35. The third kappa shape index (κ3) is 1.64. The molecular weight excluding hydrogens is 180 g/mol. The number of rotatable bonds is 3. The molecule has 0 aliphatic carbocycles. The van der Waals surface area contributed by atoms with E-state index in [2.05, 4.69) is 15.4 Å². The van der Waals surface area contributed by atoms with Crippen molar-refractivity contribution < 1.29 is 0 Å². The summed E-state index contributed by atoms with van der Waals surface area (Å²) in [5, 5.41) is 12.0. The largest absolute Gasteiger partial charge is 0.325 e. The molecular formula is C8H12N6. The lowest BCUT2D eigenvalue weighted by molar-refractivity contribution is 0.632.